The molecule has 3 rings (SSSR count). The van der Waals surface area contributed by atoms with E-state index in [1.807, 2.05) is 24.3 Å². The summed E-state index contributed by atoms with van der Waals surface area (Å²) in [7, 11) is 1.64. The van der Waals surface area contributed by atoms with E-state index in [2.05, 4.69) is 15.4 Å². The molecule has 0 fully saturated rings. The molecule has 0 spiro atoms. The predicted molar refractivity (Wildman–Crippen MR) is 96.9 cm³/mol. The number of ether oxygens (including phenoxy) is 1. The lowest BCUT2D eigenvalue weighted by molar-refractivity contribution is 0.414. The van der Waals surface area contributed by atoms with Crippen LogP contribution in [0.5, 0.6) is 5.75 Å². The maximum atomic E-state index is 6.05. The summed E-state index contributed by atoms with van der Waals surface area (Å²) < 4.78 is 6.89. The van der Waals surface area contributed by atoms with Crippen molar-refractivity contribution in [1.29, 1.82) is 0 Å². The van der Waals surface area contributed by atoms with Gasteiger partial charge in [-0.15, -0.1) is 0 Å². The summed E-state index contributed by atoms with van der Waals surface area (Å²) in [5.74, 6) is 1.38. The van der Waals surface area contributed by atoms with Crippen LogP contribution >= 0.6 is 34.8 Å². The zero-order valence-electron chi connectivity index (χ0n) is 12.6. The van der Waals surface area contributed by atoms with E-state index in [9.17, 15) is 0 Å². The zero-order chi connectivity index (χ0) is 17.1. The van der Waals surface area contributed by atoms with Crippen molar-refractivity contribution >= 4 is 46.4 Å². The van der Waals surface area contributed by atoms with E-state index in [0.717, 1.165) is 11.3 Å². The molecule has 24 heavy (non-hydrogen) atoms. The lowest BCUT2D eigenvalue weighted by atomic mass is 10.2. The molecular weight excluding hydrogens is 371 g/mol. The maximum Gasteiger partial charge on any atom is 0.225 e. The van der Waals surface area contributed by atoms with Gasteiger partial charge in [-0.2, -0.15) is 10.1 Å². The summed E-state index contributed by atoms with van der Waals surface area (Å²) in [5, 5.41) is 8.43. The van der Waals surface area contributed by atoms with Gasteiger partial charge in [0.15, 0.2) is 0 Å². The highest BCUT2D eigenvalue weighted by Crippen LogP contribution is 2.33. The minimum Gasteiger partial charge on any atom is -0.497 e. The van der Waals surface area contributed by atoms with Crippen molar-refractivity contribution in [1.82, 2.24) is 14.8 Å². The predicted octanol–water partition coefficient (Wildman–Crippen LogP) is 5.04. The largest absolute Gasteiger partial charge is 0.497 e. The molecule has 0 unspecified atom stereocenters. The molecule has 3 aromatic rings. The Morgan fingerprint density at radius 3 is 2.38 bits per heavy atom. The van der Waals surface area contributed by atoms with Crippen LogP contribution in [-0.2, 0) is 6.54 Å². The fraction of sp³-hybridized carbons (Fsp3) is 0.125. The first-order chi connectivity index (χ1) is 11.6. The molecule has 0 saturated heterocycles. The van der Waals surface area contributed by atoms with E-state index in [-0.39, 0.29) is 0 Å². The highest BCUT2D eigenvalue weighted by molar-refractivity contribution is 6.48. The highest BCUT2D eigenvalue weighted by atomic mass is 35.5. The fourth-order valence-corrected chi connectivity index (χ4v) is 2.73. The summed E-state index contributed by atoms with van der Waals surface area (Å²) in [5.41, 5.74) is 1.75. The van der Waals surface area contributed by atoms with Gasteiger partial charge in [0.25, 0.3) is 0 Å². The van der Waals surface area contributed by atoms with Gasteiger partial charge in [-0.25, -0.2) is 4.68 Å². The third-order valence-electron chi connectivity index (χ3n) is 3.35. The van der Waals surface area contributed by atoms with E-state index >= 15 is 0 Å². The molecule has 124 valence electrons. The summed E-state index contributed by atoms with van der Waals surface area (Å²) in [6.07, 6.45) is 1.48. The van der Waals surface area contributed by atoms with Crippen molar-refractivity contribution in [2.45, 2.75) is 6.54 Å². The number of hydrogen-bond donors (Lipinski definition) is 1. The number of methoxy groups -OCH3 is 1. The molecule has 0 radical (unpaired) electrons. The molecule has 0 aliphatic rings. The average Bonchev–Trinajstić information content (AvgIpc) is 3.00. The molecule has 1 aromatic heterocycles. The molecule has 0 atom stereocenters. The molecule has 1 heterocycles. The smallest absolute Gasteiger partial charge is 0.225 e. The third-order valence-corrected chi connectivity index (χ3v) is 4.54. The second-order valence-electron chi connectivity index (χ2n) is 4.97. The van der Waals surface area contributed by atoms with Gasteiger partial charge in [-0.05, 0) is 29.8 Å². The van der Waals surface area contributed by atoms with Gasteiger partial charge in [0.05, 0.1) is 28.7 Å². The van der Waals surface area contributed by atoms with Gasteiger partial charge in [0.2, 0.25) is 5.95 Å². The van der Waals surface area contributed by atoms with Gasteiger partial charge in [0.1, 0.15) is 12.1 Å². The summed E-state index contributed by atoms with van der Waals surface area (Å²) in [4.78, 5) is 4.22. The summed E-state index contributed by atoms with van der Waals surface area (Å²) in [6.45, 7) is 0.557. The Morgan fingerprint density at radius 2 is 1.75 bits per heavy atom. The first kappa shape index (κ1) is 16.9. The Balaban J connectivity index is 1.80. The van der Waals surface area contributed by atoms with E-state index < -0.39 is 0 Å². The second kappa shape index (κ2) is 7.30. The zero-order valence-corrected chi connectivity index (χ0v) is 14.9. The topological polar surface area (TPSA) is 52.0 Å². The second-order valence-corrected chi connectivity index (χ2v) is 6.16. The number of halogens is 3. The molecular formula is C16H13Cl3N4O. The van der Waals surface area contributed by atoms with Gasteiger partial charge in [-0.1, -0.05) is 46.9 Å². The molecule has 5 nitrogen and oxygen atoms in total. The van der Waals surface area contributed by atoms with Crippen LogP contribution in [0.25, 0.3) is 0 Å². The molecule has 1 N–H and O–H groups in total. The Kier molecular flexibility index (Phi) is 5.14. The first-order valence-electron chi connectivity index (χ1n) is 6.99. The maximum absolute atomic E-state index is 6.05. The summed E-state index contributed by atoms with van der Waals surface area (Å²) in [6, 6.07) is 11.1. The number of aromatic nitrogens is 3. The van der Waals surface area contributed by atoms with Crippen LogP contribution in [0.4, 0.5) is 11.6 Å². The normalized spacial score (nSPS) is 10.7. The Labute approximate surface area is 154 Å². The number of hydrogen-bond acceptors (Lipinski definition) is 4. The van der Waals surface area contributed by atoms with Crippen molar-refractivity contribution in [2.24, 2.45) is 0 Å². The lowest BCUT2D eigenvalue weighted by Crippen LogP contribution is -2.07. The monoisotopic (exact) mass is 382 g/mol. The van der Waals surface area contributed by atoms with Crippen molar-refractivity contribution in [3.63, 3.8) is 0 Å². The molecule has 0 saturated carbocycles. The number of rotatable bonds is 5. The van der Waals surface area contributed by atoms with E-state index in [1.165, 1.54) is 6.33 Å². The first-order valence-corrected chi connectivity index (χ1v) is 8.12. The number of nitrogens with one attached hydrogen (secondary N) is 1. The van der Waals surface area contributed by atoms with Crippen molar-refractivity contribution in [3.05, 3.63) is 63.4 Å². The number of anilines is 2. The Bertz CT molecular complexity index is 826. The van der Waals surface area contributed by atoms with Crippen LogP contribution in [0.3, 0.4) is 0 Å². The van der Waals surface area contributed by atoms with E-state index in [0.29, 0.717) is 33.2 Å². The van der Waals surface area contributed by atoms with Crippen molar-refractivity contribution < 1.29 is 4.74 Å². The van der Waals surface area contributed by atoms with Gasteiger partial charge in [-0.3, -0.25) is 0 Å². The lowest BCUT2D eigenvalue weighted by Gasteiger charge is -2.10. The molecule has 0 aliphatic carbocycles. The Hall–Kier alpha value is -1.95. The van der Waals surface area contributed by atoms with Gasteiger partial charge < -0.3 is 10.1 Å². The number of nitrogens with zero attached hydrogens (tertiary/aromatic N) is 3. The summed E-state index contributed by atoms with van der Waals surface area (Å²) >= 11 is 18.1. The third kappa shape index (κ3) is 3.75. The minimum atomic E-state index is 0.323. The molecule has 0 aliphatic heterocycles. The Morgan fingerprint density at radius 1 is 1.08 bits per heavy atom. The van der Waals surface area contributed by atoms with Crippen LogP contribution in [-0.4, -0.2) is 21.9 Å². The molecule has 2 aromatic carbocycles. The molecule has 0 amide bonds. The quantitative estimate of drug-likeness (QED) is 0.627. The molecule has 0 bridgehead atoms. The van der Waals surface area contributed by atoms with Crippen LogP contribution in [0.1, 0.15) is 5.56 Å². The van der Waals surface area contributed by atoms with Crippen molar-refractivity contribution in [3.8, 4) is 5.75 Å². The van der Waals surface area contributed by atoms with E-state index in [4.69, 9.17) is 39.5 Å². The van der Waals surface area contributed by atoms with Crippen LogP contribution < -0.4 is 10.1 Å². The van der Waals surface area contributed by atoms with Crippen molar-refractivity contribution in [2.75, 3.05) is 12.4 Å². The van der Waals surface area contributed by atoms with E-state index in [1.54, 1.807) is 23.9 Å². The SMILES string of the molecule is COc1ccc(Cn2ncnc2Nc2cc(Cl)c(Cl)c(Cl)c2)cc1. The fourth-order valence-electron chi connectivity index (χ4n) is 2.14. The highest BCUT2D eigenvalue weighted by Gasteiger charge is 2.10. The van der Waals surface area contributed by atoms with Crippen LogP contribution in [0.2, 0.25) is 15.1 Å². The molecule has 8 heteroatoms. The van der Waals surface area contributed by atoms with Gasteiger partial charge >= 0.3 is 0 Å². The van der Waals surface area contributed by atoms with Crippen LogP contribution in [0, 0.1) is 0 Å². The number of benzene rings is 2. The standard InChI is InChI=1S/C16H13Cl3N4O/c1-24-12-4-2-10(3-5-12)8-23-16(20-9-21-23)22-11-6-13(17)15(19)14(18)7-11/h2-7,9H,8H2,1H3,(H,20,21,22). The van der Waals surface area contributed by atoms with Gasteiger partial charge in [0, 0.05) is 5.69 Å². The minimum absolute atomic E-state index is 0.323. The average molecular weight is 384 g/mol. The van der Waals surface area contributed by atoms with Crippen LogP contribution in [0.15, 0.2) is 42.7 Å².